The lowest BCUT2D eigenvalue weighted by Crippen LogP contribution is -2.24. The molecule has 5 nitrogen and oxygen atoms in total. The first-order chi connectivity index (χ1) is 13.5. The van der Waals surface area contributed by atoms with Gasteiger partial charge in [0.2, 0.25) is 0 Å². The average Bonchev–Trinajstić information content (AvgIpc) is 3.15. The summed E-state index contributed by atoms with van der Waals surface area (Å²) in [6.45, 7) is 3.99. The predicted molar refractivity (Wildman–Crippen MR) is 113 cm³/mol. The Labute approximate surface area is 169 Å². The summed E-state index contributed by atoms with van der Waals surface area (Å²) in [6, 6.07) is 17.3. The summed E-state index contributed by atoms with van der Waals surface area (Å²) in [7, 11) is 0. The van der Waals surface area contributed by atoms with Crippen molar-refractivity contribution in [2.45, 2.75) is 20.3 Å². The van der Waals surface area contributed by atoms with E-state index in [1.54, 1.807) is 6.21 Å². The summed E-state index contributed by atoms with van der Waals surface area (Å²) in [4.78, 5) is 12.0. The molecular formula is C22H22ClN3O2. The number of halogens is 1. The largest absolute Gasteiger partial charge is 0.484 e. The highest BCUT2D eigenvalue weighted by molar-refractivity contribution is 6.30. The molecule has 0 aliphatic rings. The van der Waals surface area contributed by atoms with Crippen molar-refractivity contribution in [1.29, 1.82) is 0 Å². The Morgan fingerprint density at radius 2 is 2.00 bits per heavy atom. The second-order valence-electron chi connectivity index (χ2n) is 6.37. The highest BCUT2D eigenvalue weighted by atomic mass is 35.5. The number of nitrogens with one attached hydrogen (secondary N) is 1. The van der Waals surface area contributed by atoms with E-state index in [4.69, 9.17) is 16.3 Å². The van der Waals surface area contributed by atoms with Gasteiger partial charge in [-0.1, -0.05) is 24.6 Å². The Morgan fingerprint density at radius 1 is 1.21 bits per heavy atom. The van der Waals surface area contributed by atoms with Gasteiger partial charge in [-0.05, 0) is 73.0 Å². The normalized spacial score (nSPS) is 11.0. The summed E-state index contributed by atoms with van der Waals surface area (Å²) in [5.74, 6) is 0.369. The molecule has 3 rings (SSSR count). The van der Waals surface area contributed by atoms with E-state index in [0.29, 0.717) is 10.8 Å². The van der Waals surface area contributed by atoms with Crippen LogP contribution in [0.1, 0.15) is 23.7 Å². The molecule has 0 saturated heterocycles. The van der Waals surface area contributed by atoms with Crippen molar-refractivity contribution in [2.75, 3.05) is 6.61 Å². The fourth-order valence-electron chi connectivity index (χ4n) is 2.80. The molecule has 3 aromatic rings. The van der Waals surface area contributed by atoms with Gasteiger partial charge in [-0.15, -0.1) is 0 Å². The zero-order valence-corrected chi connectivity index (χ0v) is 16.6. The first kappa shape index (κ1) is 19.7. The summed E-state index contributed by atoms with van der Waals surface area (Å²) >= 11 is 5.94. The molecule has 6 heteroatoms. The molecule has 0 aliphatic heterocycles. The van der Waals surface area contributed by atoms with Crippen LogP contribution >= 0.6 is 11.6 Å². The lowest BCUT2D eigenvalue weighted by molar-refractivity contribution is -0.123. The second kappa shape index (κ2) is 9.24. The number of rotatable bonds is 7. The van der Waals surface area contributed by atoms with Gasteiger partial charge in [0.05, 0.1) is 11.9 Å². The van der Waals surface area contributed by atoms with Crippen molar-refractivity contribution < 1.29 is 9.53 Å². The lowest BCUT2D eigenvalue weighted by Gasteiger charge is -2.08. The van der Waals surface area contributed by atoms with Crippen molar-refractivity contribution in [1.82, 2.24) is 9.99 Å². The van der Waals surface area contributed by atoms with Crippen molar-refractivity contribution in [2.24, 2.45) is 5.10 Å². The van der Waals surface area contributed by atoms with Crippen LogP contribution in [-0.2, 0) is 11.2 Å². The second-order valence-corrected chi connectivity index (χ2v) is 6.81. The van der Waals surface area contributed by atoms with E-state index in [2.05, 4.69) is 23.5 Å². The van der Waals surface area contributed by atoms with Crippen molar-refractivity contribution >= 4 is 23.7 Å². The Hall–Kier alpha value is -3.05. The SMILES string of the molecule is CCc1cc(C)cc(OCC(=O)N/N=C/c2cccn2-c2ccc(Cl)cc2)c1. The summed E-state index contributed by atoms with van der Waals surface area (Å²) in [5.41, 5.74) is 6.56. The van der Waals surface area contributed by atoms with Crippen LogP contribution in [0, 0.1) is 6.92 Å². The summed E-state index contributed by atoms with van der Waals surface area (Å²) in [6.07, 6.45) is 4.43. The van der Waals surface area contributed by atoms with E-state index in [-0.39, 0.29) is 12.5 Å². The molecule has 28 heavy (non-hydrogen) atoms. The minimum Gasteiger partial charge on any atom is -0.484 e. The Kier molecular flexibility index (Phi) is 6.50. The Balaban J connectivity index is 1.57. The molecule has 1 N–H and O–H groups in total. The van der Waals surface area contributed by atoms with Gasteiger partial charge in [-0.3, -0.25) is 4.79 Å². The van der Waals surface area contributed by atoms with Gasteiger partial charge >= 0.3 is 0 Å². The topological polar surface area (TPSA) is 55.6 Å². The third-order valence-electron chi connectivity index (χ3n) is 4.16. The Bertz CT molecular complexity index is 978. The highest BCUT2D eigenvalue weighted by Gasteiger charge is 2.04. The maximum absolute atomic E-state index is 12.0. The van der Waals surface area contributed by atoms with Crippen LogP contribution in [0.4, 0.5) is 0 Å². The molecule has 1 heterocycles. The average molecular weight is 396 g/mol. The molecule has 0 unspecified atom stereocenters. The van der Waals surface area contributed by atoms with Gasteiger partial charge in [0.15, 0.2) is 6.61 Å². The third-order valence-corrected chi connectivity index (χ3v) is 4.41. The van der Waals surface area contributed by atoms with Crippen molar-refractivity contribution in [3.05, 3.63) is 82.6 Å². The molecular weight excluding hydrogens is 374 g/mol. The number of hydrazone groups is 1. The van der Waals surface area contributed by atoms with Gasteiger partial charge in [0.25, 0.3) is 5.91 Å². The molecule has 0 saturated carbocycles. The molecule has 0 aliphatic carbocycles. The maximum atomic E-state index is 12.0. The number of hydrogen-bond donors (Lipinski definition) is 1. The van der Waals surface area contributed by atoms with Gasteiger partial charge in [-0.25, -0.2) is 5.43 Å². The first-order valence-electron chi connectivity index (χ1n) is 9.03. The molecule has 0 fully saturated rings. The lowest BCUT2D eigenvalue weighted by atomic mass is 10.1. The van der Waals surface area contributed by atoms with Crippen LogP contribution in [0.3, 0.4) is 0 Å². The molecule has 1 aromatic heterocycles. The standard InChI is InChI=1S/C22H22ClN3O2/c1-3-17-11-16(2)12-21(13-17)28-15-22(27)25-24-14-20-5-4-10-26(20)19-8-6-18(23)7-9-19/h4-14H,3,15H2,1-2H3,(H,25,27)/b24-14+. The van der Waals surface area contributed by atoms with E-state index in [1.807, 2.05) is 66.2 Å². The number of nitrogens with zero attached hydrogens (tertiary/aromatic N) is 2. The van der Waals surface area contributed by atoms with Crippen LogP contribution in [0.15, 0.2) is 65.9 Å². The number of benzene rings is 2. The Morgan fingerprint density at radius 3 is 2.75 bits per heavy atom. The fourth-order valence-corrected chi connectivity index (χ4v) is 2.93. The summed E-state index contributed by atoms with van der Waals surface area (Å²) in [5, 5.41) is 4.71. The minimum atomic E-state index is -0.319. The van der Waals surface area contributed by atoms with Gasteiger partial charge in [0, 0.05) is 16.9 Å². The fraction of sp³-hybridized carbons (Fsp3) is 0.182. The van der Waals surface area contributed by atoms with Crippen LogP contribution in [0.2, 0.25) is 5.02 Å². The minimum absolute atomic E-state index is 0.0951. The van der Waals surface area contributed by atoms with Gasteiger partial charge in [0.1, 0.15) is 5.75 Å². The number of carbonyl (C=O) groups excluding carboxylic acids is 1. The maximum Gasteiger partial charge on any atom is 0.277 e. The molecule has 0 atom stereocenters. The van der Waals surface area contributed by atoms with Crippen LogP contribution in [0.25, 0.3) is 5.69 Å². The van der Waals surface area contributed by atoms with Crippen LogP contribution < -0.4 is 10.2 Å². The number of carbonyl (C=O) groups is 1. The number of amides is 1. The number of aromatic nitrogens is 1. The molecule has 1 amide bonds. The summed E-state index contributed by atoms with van der Waals surface area (Å²) < 4.78 is 7.53. The van der Waals surface area contributed by atoms with Crippen molar-refractivity contribution in [3.63, 3.8) is 0 Å². The molecule has 0 spiro atoms. The van der Waals surface area contributed by atoms with Crippen LogP contribution in [0.5, 0.6) is 5.75 Å². The zero-order valence-electron chi connectivity index (χ0n) is 15.9. The zero-order chi connectivity index (χ0) is 19.9. The van der Waals surface area contributed by atoms with Crippen molar-refractivity contribution in [3.8, 4) is 11.4 Å². The van der Waals surface area contributed by atoms with Crippen LogP contribution in [-0.4, -0.2) is 23.3 Å². The number of ether oxygens (including phenoxy) is 1. The highest BCUT2D eigenvalue weighted by Crippen LogP contribution is 2.17. The smallest absolute Gasteiger partial charge is 0.277 e. The molecule has 144 valence electrons. The third kappa shape index (κ3) is 5.24. The monoisotopic (exact) mass is 395 g/mol. The number of hydrogen-bond acceptors (Lipinski definition) is 3. The van der Waals surface area contributed by atoms with E-state index in [9.17, 15) is 4.79 Å². The van der Waals surface area contributed by atoms with E-state index >= 15 is 0 Å². The van der Waals surface area contributed by atoms with Gasteiger partial charge < -0.3 is 9.30 Å². The van der Waals surface area contributed by atoms with E-state index in [0.717, 1.165) is 23.4 Å². The molecule has 2 aromatic carbocycles. The van der Waals surface area contributed by atoms with Gasteiger partial charge in [-0.2, -0.15) is 5.10 Å². The molecule has 0 bridgehead atoms. The van der Waals surface area contributed by atoms with E-state index in [1.165, 1.54) is 5.56 Å². The quantitative estimate of drug-likeness (QED) is 0.472. The number of aryl methyl sites for hydroxylation is 2. The first-order valence-corrected chi connectivity index (χ1v) is 9.41. The predicted octanol–water partition coefficient (Wildman–Crippen LogP) is 4.53. The van der Waals surface area contributed by atoms with E-state index < -0.39 is 0 Å². The molecule has 0 radical (unpaired) electrons.